The molecule has 6 atom stereocenters. The molecular formula is C52H57F2N5O6. The molecule has 10 rings (SSSR count). The number of hydrogen-bond donors (Lipinski definition) is 1. The number of nitrogens with one attached hydrogen (secondary N) is 1. The van der Waals surface area contributed by atoms with E-state index in [9.17, 15) is 19.2 Å². The normalized spacial score (nSPS) is 24.7. The Balaban J connectivity index is 0.846. The molecule has 11 nitrogen and oxygen atoms in total. The number of carbonyl (C=O) groups is 4. The largest absolute Gasteiger partial charge is 0.469 e. The van der Waals surface area contributed by atoms with Crippen molar-refractivity contribution in [1.82, 2.24) is 15.1 Å². The van der Waals surface area contributed by atoms with E-state index in [1.165, 1.54) is 14.2 Å². The van der Waals surface area contributed by atoms with E-state index < -0.39 is 24.0 Å². The first-order valence-corrected chi connectivity index (χ1v) is 23.3. The Morgan fingerprint density at radius 3 is 2.20 bits per heavy atom. The fraction of sp³-hybridized carbons (Fsp3) is 0.500. The summed E-state index contributed by atoms with van der Waals surface area (Å²) in [7, 11) is 2.63. The summed E-state index contributed by atoms with van der Waals surface area (Å²) in [5, 5.41) is 2.73. The number of benzene rings is 3. The number of aliphatic imine (C=N–C) groups is 2. The van der Waals surface area contributed by atoms with E-state index in [0.717, 1.165) is 72.3 Å². The number of piperidine rings is 1. The average Bonchev–Trinajstić information content (AvgIpc) is 3.95. The van der Waals surface area contributed by atoms with Crippen molar-refractivity contribution in [3.8, 4) is 22.3 Å². The Morgan fingerprint density at radius 1 is 0.831 bits per heavy atom. The zero-order chi connectivity index (χ0) is 45.7. The molecule has 3 aromatic carbocycles. The van der Waals surface area contributed by atoms with Gasteiger partial charge in [0.2, 0.25) is 11.8 Å². The predicted octanol–water partition coefficient (Wildman–Crippen LogP) is 9.26. The average molecular weight is 886 g/mol. The summed E-state index contributed by atoms with van der Waals surface area (Å²) >= 11 is 0. The van der Waals surface area contributed by atoms with Crippen molar-refractivity contribution in [2.24, 2.45) is 39.1 Å². The van der Waals surface area contributed by atoms with Gasteiger partial charge in [0.25, 0.3) is 5.92 Å². The van der Waals surface area contributed by atoms with Gasteiger partial charge in [0.1, 0.15) is 6.04 Å². The van der Waals surface area contributed by atoms with Gasteiger partial charge in [0, 0.05) is 54.2 Å². The van der Waals surface area contributed by atoms with Crippen molar-refractivity contribution < 1.29 is 37.4 Å². The fourth-order valence-electron chi connectivity index (χ4n) is 11.8. The maximum atomic E-state index is 16.7. The third-order valence-corrected chi connectivity index (χ3v) is 15.6. The number of halogens is 2. The van der Waals surface area contributed by atoms with Crippen molar-refractivity contribution in [3.63, 3.8) is 0 Å². The van der Waals surface area contributed by atoms with E-state index >= 15 is 8.78 Å². The van der Waals surface area contributed by atoms with Gasteiger partial charge in [-0.2, -0.15) is 8.78 Å². The number of rotatable bonds is 11. The number of ether oxygens (including phenoxy) is 2. The van der Waals surface area contributed by atoms with Crippen molar-refractivity contribution in [1.29, 1.82) is 0 Å². The third kappa shape index (κ3) is 7.37. The second-order valence-corrected chi connectivity index (χ2v) is 20.3. The minimum Gasteiger partial charge on any atom is -0.469 e. The van der Waals surface area contributed by atoms with E-state index in [1.54, 1.807) is 30.5 Å². The number of methoxy groups -OCH3 is 2. The zero-order valence-electron chi connectivity index (χ0n) is 38.0. The molecule has 1 N–H and O–H groups in total. The van der Waals surface area contributed by atoms with Crippen LogP contribution in [0.25, 0.3) is 27.8 Å². The molecule has 3 amide bonds. The van der Waals surface area contributed by atoms with Gasteiger partial charge in [-0.15, -0.1) is 0 Å². The maximum absolute atomic E-state index is 16.7. The van der Waals surface area contributed by atoms with Crippen LogP contribution in [0.4, 0.5) is 19.3 Å². The smallest absolute Gasteiger partial charge is 0.407 e. The summed E-state index contributed by atoms with van der Waals surface area (Å²) in [6.45, 7) is 8.33. The third-order valence-electron chi connectivity index (χ3n) is 15.6. The quantitative estimate of drug-likeness (QED) is 0.191. The monoisotopic (exact) mass is 885 g/mol. The number of likely N-dealkylation sites (tertiary alicyclic amines) is 2. The fourth-order valence-corrected chi connectivity index (χ4v) is 11.8. The first-order valence-electron chi connectivity index (χ1n) is 23.3. The minimum absolute atomic E-state index is 0.00470. The molecule has 7 aliphatic rings. The van der Waals surface area contributed by atoms with Crippen LogP contribution in [-0.4, -0.2) is 90.0 Å². The van der Waals surface area contributed by atoms with Crippen LogP contribution in [0.2, 0.25) is 0 Å². The maximum Gasteiger partial charge on any atom is 0.407 e. The van der Waals surface area contributed by atoms with Crippen molar-refractivity contribution >= 4 is 46.6 Å². The first-order chi connectivity index (χ1) is 31.1. The number of alkyl halides is 2. The molecule has 0 radical (unpaired) electrons. The summed E-state index contributed by atoms with van der Waals surface area (Å²) in [6.07, 6.45) is 7.93. The lowest BCUT2D eigenvalue weighted by atomic mass is 9.87. The van der Waals surface area contributed by atoms with Crippen LogP contribution in [0.1, 0.15) is 101 Å². The number of nitrogens with zero attached hydrogens (tertiary/aromatic N) is 4. The van der Waals surface area contributed by atoms with Crippen LogP contribution in [0, 0.1) is 29.1 Å². The number of carbonyl (C=O) groups excluding carboxylic acids is 4. The van der Waals surface area contributed by atoms with Gasteiger partial charge in [-0.05, 0) is 125 Å². The summed E-state index contributed by atoms with van der Waals surface area (Å²) in [4.78, 5) is 66.5. The Morgan fingerprint density at radius 2 is 1.52 bits per heavy atom. The van der Waals surface area contributed by atoms with Gasteiger partial charge < -0.3 is 24.6 Å². The molecule has 1 spiro atoms. The second kappa shape index (κ2) is 16.0. The zero-order valence-corrected chi connectivity index (χ0v) is 38.0. The van der Waals surface area contributed by atoms with Gasteiger partial charge in [0.05, 0.1) is 44.3 Å². The molecule has 340 valence electrons. The van der Waals surface area contributed by atoms with E-state index in [2.05, 4.69) is 5.32 Å². The SMILES string of the molecule is COC(=O)C[C@H](C(=O)N1[C@@H]2CC[C@H](C2)[C@H]1C1=Nc2ccc(-c3ccc4c(c3)C(F)(F)c3cc(C5=CN=C([C@@H]6CC7(CC7)CN6C(=O)[C@@H](NC(=O)OC)C(C)C)C5)ccc3-4)cc2C1)C(C)C. The highest BCUT2D eigenvalue weighted by Crippen LogP contribution is 2.56. The lowest BCUT2D eigenvalue weighted by Gasteiger charge is -2.38. The number of esters is 1. The lowest BCUT2D eigenvalue weighted by Crippen LogP contribution is -2.53. The first kappa shape index (κ1) is 43.2. The van der Waals surface area contributed by atoms with E-state index in [0.29, 0.717) is 47.6 Å². The predicted molar refractivity (Wildman–Crippen MR) is 244 cm³/mol. The van der Waals surface area contributed by atoms with Crippen molar-refractivity contribution in [2.45, 2.75) is 116 Å². The van der Waals surface area contributed by atoms with Gasteiger partial charge in [-0.1, -0.05) is 58.0 Å². The van der Waals surface area contributed by atoms with Crippen LogP contribution < -0.4 is 5.32 Å². The molecular weight excluding hydrogens is 829 g/mol. The Bertz CT molecular complexity index is 2610. The van der Waals surface area contributed by atoms with Gasteiger partial charge in [-0.3, -0.25) is 24.4 Å². The number of fused-ring (bicyclic) bond motifs is 6. The Kier molecular flexibility index (Phi) is 10.6. The molecule has 0 unspecified atom stereocenters. The van der Waals surface area contributed by atoms with Gasteiger partial charge in [0.15, 0.2) is 0 Å². The molecule has 4 heterocycles. The topological polar surface area (TPSA) is 130 Å². The van der Waals surface area contributed by atoms with Crippen LogP contribution in [-0.2, 0) is 36.2 Å². The number of hydrogen-bond acceptors (Lipinski definition) is 8. The van der Waals surface area contributed by atoms with E-state index in [1.807, 2.05) is 67.8 Å². The van der Waals surface area contributed by atoms with E-state index in [4.69, 9.17) is 19.5 Å². The van der Waals surface area contributed by atoms with Gasteiger partial charge in [-0.25, -0.2) is 4.79 Å². The molecule has 4 fully saturated rings. The highest BCUT2D eigenvalue weighted by molar-refractivity contribution is 6.05. The molecule has 4 aliphatic heterocycles. The number of alkyl carbamates (subject to hydrolysis) is 1. The molecule has 3 aromatic rings. The standard InChI is InChI=1S/C52H57F2N5O6/c1-27(2)38(23-45(60)64-5)48(61)59-35-11-7-32(18-35)47(59)43-21-33-17-29(10-14-41(33)56-43)30-8-12-36-37-13-9-31(20-40(37)52(53,54)39(36)19-30)34-22-42(55-25-34)44-24-51(15-16-51)26-58(44)49(62)46(28(3)4)57-50(63)65-6/h8-10,12-14,17,19-20,25,27-28,32,35,38,44,46-47H,7,11,15-16,18,21-24,26H2,1-6H3,(H,57,63)/t32-,35-,38+,44+,46+,47+/m1/s1. The summed E-state index contributed by atoms with van der Waals surface area (Å²) < 4.78 is 43.2. The second-order valence-electron chi connectivity index (χ2n) is 20.3. The molecule has 0 aromatic heterocycles. The molecule has 13 heteroatoms. The van der Waals surface area contributed by atoms with Gasteiger partial charge >= 0.3 is 12.1 Å². The molecule has 65 heavy (non-hydrogen) atoms. The molecule has 2 saturated carbocycles. The molecule has 3 aliphatic carbocycles. The van der Waals surface area contributed by atoms with Crippen LogP contribution in [0.15, 0.2) is 70.8 Å². The highest BCUT2D eigenvalue weighted by Gasteiger charge is 2.56. The van der Waals surface area contributed by atoms with Crippen LogP contribution in [0.3, 0.4) is 0 Å². The Hall–Kier alpha value is -5.72. The summed E-state index contributed by atoms with van der Waals surface area (Å²) in [6, 6.07) is 15.6. The van der Waals surface area contributed by atoms with Crippen LogP contribution in [0.5, 0.6) is 0 Å². The highest BCUT2D eigenvalue weighted by atomic mass is 19.3. The number of amides is 3. The minimum atomic E-state index is -3.24. The molecule has 2 saturated heterocycles. The van der Waals surface area contributed by atoms with E-state index in [-0.39, 0.29) is 70.7 Å². The summed E-state index contributed by atoms with van der Waals surface area (Å²) in [5.41, 5.74) is 7.63. The van der Waals surface area contributed by atoms with Crippen molar-refractivity contribution in [3.05, 3.63) is 83.1 Å². The van der Waals surface area contributed by atoms with Crippen molar-refractivity contribution in [2.75, 3.05) is 20.8 Å². The molecule has 2 bridgehead atoms. The lowest BCUT2D eigenvalue weighted by molar-refractivity contribution is -0.149. The Labute approximate surface area is 378 Å². The summed E-state index contributed by atoms with van der Waals surface area (Å²) in [5.74, 6) is -4.13. The van der Waals surface area contributed by atoms with Crippen LogP contribution >= 0.6 is 0 Å². The number of allylic oxidation sites excluding steroid dienone is 1.